The molecule has 24 heavy (non-hydrogen) atoms. The molecule has 1 aromatic carbocycles. The van der Waals surface area contributed by atoms with Crippen LogP contribution < -0.4 is 5.32 Å². The molecule has 130 valence electrons. The van der Waals surface area contributed by atoms with Gasteiger partial charge in [-0.15, -0.1) is 5.10 Å². The van der Waals surface area contributed by atoms with Gasteiger partial charge in [-0.05, 0) is 44.1 Å². The van der Waals surface area contributed by atoms with Crippen LogP contribution in [0.25, 0.3) is 5.69 Å². The van der Waals surface area contributed by atoms with Crippen molar-refractivity contribution in [3.8, 4) is 5.69 Å². The van der Waals surface area contributed by atoms with Gasteiger partial charge in [-0.2, -0.15) is 11.8 Å². The summed E-state index contributed by atoms with van der Waals surface area (Å²) in [6.45, 7) is 6.51. The van der Waals surface area contributed by atoms with Crippen molar-refractivity contribution in [3.05, 3.63) is 41.7 Å². The van der Waals surface area contributed by atoms with Crippen LogP contribution in [0.3, 0.4) is 0 Å². The highest BCUT2D eigenvalue weighted by atomic mass is 32.2. The summed E-state index contributed by atoms with van der Waals surface area (Å²) >= 11 is 1.99. The van der Waals surface area contributed by atoms with Gasteiger partial charge in [-0.25, -0.2) is 4.68 Å². The molecule has 1 saturated heterocycles. The Bertz CT molecular complexity index is 646. The second-order valence-corrected chi connectivity index (χ2v) is 7.42. The summed E-state index contributed by atoms with van der Waals surface area (Å²) in [6.07, 6.45) is 4.37. The molecule has 5 nitrogen and oxygen atoms in total. The topological polar surface area (TPSA) is 52.0 Å². The quantitative estimate of drug-likeness (QED) is 0.835. The first kappa shape index (κ1) is 17.5. The van der Waals surface area contributed by atoms with Crippen molar-refractivity contribution >= 4 is 11.8 Å². The van der Waals surface area contributed by atoms with E-state index in [-0.39, 0.29) is 5.60 Å². The van der Waals surface area contributed by atoms with Gasteiger partial charge in [0, 0.05) is 25.4 Å². The van der Waals surface area contributed by atoms with Crippen molar-refractivity contribution in [2.75, 3.05) is 24.7 Å². The lowest BCUT2D eigenvalue weighted by Gasteiger charge is -2.36. The van der Waals surface area contributed by atoms with Crippen molar-refractivity contribution in [1.29, 1.82) is 0 Å². The summed E-state index contributed by atoms with van der Waals surface area (Å²) in [5.74, 6) is 2.32. The predicted molar refractivity (Wildman–Crippen MR) is 98.7 cm³/mol. The molecule has 0 aliphatic carbocycles. The number of nitrogens with one attached hydrogen (secondary N) is 1. The van der Waals surface area contributed by atoms with Gasteiger partial charge in [0.05, 0.1) is 23.2 Å². The van der Waals surface area contributed by atoms with E-state index < -0.39 is 0 Å². The van der Waals surface area contributed by atoms with Crippen LogP contribution in [-0.4, -0.2) is 45.3 Å². The number of aryl methyl sites for hydroxylation is 1. The summed E-state index contributed by atoms with van der Waals surface area (Å²) in [5, 5.41) is 12.1. The number of nitrogens with zero attached hydrogens (tertiary/aromatic N) is 3. The Balaban J connectivity index is 1.58. The molecule has 1 aliphatic rings. The molecule has 0 amide bonds. The molecule has 1 atom stereocenters. The van der Waals surface area contributed by atoms with Crippen LogP contribution in [0.2, 0.25) is 0 Å². The number of para-hydroxylation sites is 1. The number of benzene rings is 1. The van der Waals surface area contributed by atoms with E-state index in [1.54, 1.807) is 0 Å². The first-order valence-corrected chi connectivity index (χ1v) is 9.77. The molecule has 0 spiro atoms. The molecule has 0 bridgehead atoms. The molecule has 0 radical (unpaired) electrons. The molecule has 1 unspecified atom stereocenters. The van der Waals surface area contributed by atoms with Crippen LogP contribution >= 0.6 is 11.8 Å². The molecule has 1 fully saturated rings. The molecule has 1 aromatic heterocycles. The Kier molecular flexibility index (Phi) is 5.92. The first-order chi connectivity index (χ1) is 11.7. The van der Waals surface area contributed by atoms with E-state index >= 15 is 0 Å². The average Bonchev–Trinajstić information content (AvgIpc) is 3.05. The molecular weight excluding hydrogens is 320 g/mol. The average molecular weight is 347 g/mol. The monoisotopic (exact) mass is 346 g/mol. The van der Waals surface area contributed by atoms with Gasteiger partial charge in [-0.1, -0.05) is 23.4 Å². The number of rotatable bonds is 7. The molecule has 1 N–H and O–H groups in total. The standard InChI is InChI=1S/C18H26N4OS/c1-3-23-18(9-6-10-24-14-18)13-19-11-16-12-22(21-20-16)17-8-5-4-7-15(17)2/h4-5,7-8,12,19H,3,6,9-11,13-14H2,1-2H3. The molecular formula is C18H26N4OS. The number of ether oxygens (including phenoxy) is 1. The van der Waals surface area contributed by atoms with Crippen LogP contribution in [0.5, 0.6) is 0 Å². The maximum absolute atomic E-state index is 6.07. The number of hydrogen-bond acceptors (Lipinski definition) is 5. The van der Waals surface area contributed by atoms with Gasteiger partial charge < -0.3 is 10.1 Å². The molecule has 2 aromatic rings. The van der Waals surface area contributed by atoms with E-state index in [1.165, 1.54) is 17.7 Å². The molecule has 6 heteroatoms. The molecule has 0 saturated carbocycles. The number of aromatic nitrogens is 3. The van der Waals surface area contributed by atoms with Gasteiger partial charge in [0.15, 0.2) is 0 Å². The number of hydrogen-bond donors (Lipinski definition) is 1. The van der Waals surface area contributed by atoms with Crippen LogP contribution in [0, 0.1) is 6.92 Å². The van der Waals surface area contributed by atoms with Gasteiger partial charge in [0.25, 0.3) is 0 Å². The van der Waals surface area contributed by atoms with Crippen LogP contribution in [0.1, 0.15) is 31.0 Å². The zero-order valence-electron chi connectivity index (χ0n) is 14.5. The van der Waals surface area contributed by atoms with E-state index in [0.29, 0.717) is 6.54 Å². The van der Waals surface area contributed by atoms with Crippen LogP contribution in [0.4, 0.5) is 0 Å². The maximum atomic E-state index is 6.07. The third-order valence-corrected chi connectivity index (χ3v) is 5.70. The van der Waals surface area contributed by atoms with Gasteiger partial charge in [0.2, 0.25) is 0 Å². The zero-order chi connectivity index (χ0) is 16.8. The van der Waals surface area contributed by atoms with Crippen molar-refractivity contribution in [3.63, 3.8) is 0 Å². The highest BCUT2D eigenvalue weighted by molar-refractivity contribution is 7.99. The Labute approximate surface area is 148 Å². The minimum atomic E-state index is -0.0241. The summed E-state index contributed by atoms with van der Waals surface area (Å²) < 4.78 is 7.92. The smallest absolute Gasteiger partial charge is 0.0969 e. The van der Waals surface area contributed by atoms with E-state index in [9.17, 15) is 0 Å². The highest BCUT2D eigenvalue weighted by Gasteiger charge is 2.32. The highest BCUT2D eigenvalue weighted by Crippen LogP contribution is 2.29. The third kappa shape index (κ3) is 4.18. The van der Waals surface area contributed by atoms with E-state index in [4.69, 9.17) is 4.74 Å². The van der Waals surface area contributed by atoms with E-state index in [2.05, 4.69) is 41.6 Å². The maximum Gasteiger partial charge on any atom is 0.0969 e. The number of thioether (sulfide) groups is 1. The van der Waals surface area contributed by atoms with Crippen molar-refractivity contribution in [2.45, 2.75) is 38.8 Å². The summed E-state index contributed by atoms with van der Waals surface area (Å²) in [7, 11) is 0. The predicted octanol–water partition coefficient (Wildman–Crippen LogP) is 2.97. The lowest BCUT2D eigenvalue weighted by Crippen LogP contribution is -2.47. The van der Waals surface area contributed by atoms with E-state index in [0.717, 1.165) is 36.7 Å². The Morgan fingerprint density at radius 3 is 3.00 bits per heavy atom. The summed E-state index contributed by atoms with van der Waals surface area (Å²) in [5.41, 5.74) is 3.19. The second kappa shape index (κ2) is 8.14. The van der Waals surface area contributed by atoms with Crippen LogP contribution in [0.15, 0.2) is 30.5 Å². The fourth-order valence-electron chi connectivity index (χ4n) is 3.17. The minimum Gasteiger partial charge on any atom is -0.373 e. The fraction of sp³-hybridized carbons (Fsp3) is 0.556. The zero-order valence-corrected chi connectivity index (χ0v) is 15.3. The van der Waals surface area contributed by atoms with Crippen molar-refractivity contribution < 1.29 is 4.74 Å². The van der Waals surface area contributed by atoms with Crippen molar-refractivity contribution in [1.82, 2.24) is 20.3 Å². The summed E-state index contributed by atoms with van der Waals surface area (Å²) in [6, 6.07) is 8.20. The van der Waals surface area contributed by atoms with Crippen molar-refractivity contribution in [2.24, 2.45) is 0 Å². The normalized spacial score (nSPS) is 21.1. The lowest BCUT2D eigenvalue weighted by atomic mass is 9.99. The second-order valence-electron chi connectivity index (χ2n) is 6.32. The minimum absolute atomic E-state index is 0.0241. The van der Waals surface area contributed by atoms with Gasteiger partial charge in [0.1, 0.15) is 0 Å². The third-order valence-electron chi connectivity index (χ3n) is 4.39. The Morgan fingerprint density at radius 2 is 2.25 bits per heavy atom. The van der Waals surface area contributed by atoms with Gasteiger partial charge in [-0.3, -0.25) is 0 Å². The SMILES string of the molecule is CCOC1(CNCc2cn(-c3ccccc3C)nn2)CCCSC1. The largest absolute Gasteiger partial charge is 0.373 e. The summed E-state index contributed by atoms with van der Waals surface area (Å²) in [4.78, 5) is 0. The van der Waals surface area contributed by atoms with Gasteiger partial charge >= 0.3 is 0 Å². The molecule has 2 heterocycles. The molecule has 1 aliphatic heterocycles. The first-order valence-electron chi connectivity index (χ1n) is 8.62. The lowest BCUT2D eigenvalue weighted by molar-refractivity contribution is -0.0283. The molecule has 3 rings (SSSR count). The van der Waals surface area contributed by atoms with Crippen LogP contribution in [-0.2, 0) is 11.3 Å². The Hall–Kier alpha value is -1.37. The van der Waals surface area contributed by atoms with E-state index in [1.807, 2.05) is 34.8 Å². The fourth-order valence-corrected chi connectivity index (χ4v) is 4.37. The Morgan fingerprint density at radius 1 is 1.38 bits per heavy atom.